The Morgan fingerprint density at radius 3 is 1.56 bits per heavy atom. The van der Waals surface area contributed by atoms with Gasteiger partial charge in [-0.25, -0.2) is 0 Å². The Kier molecular flexibility index (Phi) is 8.32. The van der Waals surface area contributed by atoms with Crippen LogP contribution >= 0.6 is 0 Å². The Morgan fingerprint density at radius 2 is 0.902 bits per heavy atom. The third-order valence-corrected chi connectivity index (χ3v) is 16.5. The zero-order chi connectivity index (χ0) is 41.1. The smallest absolute Gasteiger partial charge is 0.0502 e. The van der Waals surface area contributed by atoms with Gasteiger partial charge in [0, 0.05) is 16.8 Å². The van der Waals surface area contributed by atoms with E-state index in [4.69, 9.17) is 0 Å². The highest BCUT2D eigenvalue weighted by Crippen LogP contribution is 2.69. The van der Waals surface area contributed by atoms with Crippen molar-refractivity contribution < 1.29 is 0 Å². The largest absolute Gasteiger partial charge is 0.310 e. The van der Waals surface area contributed by atoms with E-state index in [-0.39, 0.29) is 16.2 Å². The van der Waals surface area contributed by atoms with Crippen molar-refractivity contribution in [2.24, 2.45) is 23.7 Å². The van der Waals surface area contributed by atoms with Crippen molar-refractivity contribution in [2.75, 3.05) is 4.90 Å². The van der Waals surface area contributed by atoms with Gasteiger partial charge in [0.05, 0.1) is 5.69 Å². The third kappa shape index (κ3) is 5.65. The summed E-state index contributed by atoms with van der Waals surface area (Å²) in [5, 5.41) is 0. The van der Waals surface area contributed by atoms with Crippen molar-refractivity contribution in [2.45, 2.75) is 88.9 Å². The maximum atomic E-state index is 2.63. The number of hydrogen-bond acceptors (Lipinski definition) is 1. The van der Waals surface area contributed by atoms with Crippen LogP contribution in [0.4, 0.5) is 17.1 Å². The first-order chi connectivity index (χ1) is 29.7. The molecule has 6 aliphatic rings. The fourth-order valence-corrected chi connectivity index (χ4v) is 13.8. The normalized spacial score (nSPS) is 24.6. The van der Waals surface area contributed by atoms with E-state index in [1.54, 1.807) is 11.1 Å². The minimum absolute atomic E-state index is 0.0457. The molecule has 4 bridgehead atoms. The van der Waals surface area contributed by atoms with Crippen LogP contribution in [0.1, 0.15) is 94.9 Å². The molecule has 7 aromatic carbocycles. The van der Waals surface area contributed by atoms with Crippen LogP contribution in [0.2, 0.25) is 0 Å². The van der Waals surface area contributed by atoms with E-state index in [9.17, 15) is 0 Å². The van der Waals surface area contributed by atoms with E-state index in [2.05, 4.69) is 196 Å². The second-order valence-corrected chi connectivity index (χ2v) is 20.8. The molecule has 0 unspecified atom stereocenters. The van der Waals surface area contributed by atoms with Crippen LogP contribution in [0.5, 0.6) is 0 Å². The second kappa shape index (κ2) is 13.7. The van der Waals surface area contributed by atoms with Gasteiger partial charge < -0.3 is 4.90 Å². The van der Waals surface area contributed by atoms with Crippen molar-refractivity contribution in [3.05, 3.63) is 186 Å². The lowest BCUT2D eigenvalue weighted by Crippen LogP contribution is -2.55. The van der Waals surface area contributed by atoms with Gasteiger partial charge in [0.15, 0.2) is 0 Å². The molecule has 61 heavy (non-hydrogen) atoms. The molecule has 0 aromatic heterocycles. The first-order valence-electron chi connectivity index (χ1n) is 23.2. The number of fused-ring (bicyclic) bond motifs is 4. The Morgan fingerprint density at radius 1 is 0.393 bits per heavy atom. The van der Waals surface area contributed by atoms with Gasteiger partial charge in [-0.15, -0.1) is 0 Å². The van der Waals surface area contributed by atoms with Crippen LogP contribution in [-0.4, -0.2) is 0 Å². The molecule has 7 aromatic rings. The second-order valence-electron chi connectivity index (χ2n) is 20.8. The minimum Gasteiger partial charge on any atom is -0.310 e. The average molecular weight is 792 g/mol. The zero-order valence-electron chi connectivity index (χ0n) is 36.3. The first-order valence-corrected chi connectivity index (χ1v) is 23.2. The van der Waals surface area contributed by atoms with Gasteiger partial charge in [-0.05, 0) is 183 Å². The zero-order valence-corrected chi connectivity index (χ0v) is 36.3. The van der Waals surface area contributed by atoms with E-state index < -0.39 is 0 Å². The van der Waals surface area contributed by atoms with Crippen LogP contribution in [0.25, 0.3) is 44.5 Å². The van der Waals surface area contributed by atoms with Crippen LogP contribution in [0, 0.1) is 23.7 Å². The Labute approximate surface area is 363 Å². The lowest BCUT2D eigenvalue weighted by atomic mass is 9.43. The van der Waals surface area contributed by atoms with Crippen LogP contribution in [-0.2, 0) is 16.2 Å². The molecule has 0 radical (unpaired) electrons. The SMILES string of the molecule is CC1(C)CCC(C)(C)c2c(N(c3ccc(-c4ccc5c(c4)C4(c6ccccc6-5)C5CC6CC(C5)CC4C6)cc3)c3ccc(-c4ccccc4-c4ccccc4)cc3)cccc21. The molecule has 1 nitrogen and oxygen atoms in total. The maximum Gasteiger partial charge on any atom is 0.0502 e. The summed E-state index contributed by atoms with van der Waals surface area (Å²) in [4.78, 5) is 2.54. The number of rotatable bonds is 6. The van der Waals surface area contributed by atoms with Gasteiger partial charge in [0.2, 0.25) is 0 Å². The van der Waals surface area contributed by atoms with E-state index in [0.29, 0.717) is 0 Å². The summed E-state index contributed by atoms with van der Waals surface area (Å²) in [7, 11) is 0. The summed E-state index contributed by atoms with van der Waals surface area (Å²) < 4.78 is 0. The van der Waals surface area contributed by atoms with Crippen molar-refractivity contribution in [3.63, 3.8) is 0 Å². The molecular weight excluding hydrogens is 735 g/mol. The van der Waals surface area contributed by atoms with Crippen molar-refractivity contribution in [1.82, 2.24) is 0 Å². The van der Waals surface area contributed by atoms with Gasteiger partial charge in [0.1, 0.15) is 0 Å². The molecule has 6 aliphatic carbocycles. The number of nitrogens with zero attached hydrogens (tertiary/aromatic N) is 1. The van der Waals surface area contributed by atoms with Gasteiger partial charge in [-0.2, -0.15) is 0 Å². The monoisotopic (exact) mass is 791 g/mol. The van der Waals surface area contributed by atoms with E-state index >= 15 is 0 Å². The molecule has 1 spiro atoms. The maximum absolute atomic E-state index is 2.63. The van der Waals surface area contributed by atoms with Crippen molar-refractivity contribution in [3.8, 4) is 44.5 Å². The number of anilines is 3. The molecule has 13 rings (SSSR count). The predicted octanol–water partition coefficient (Wildman–Crippen LogP) is 16.2. The topological polar surface area (TPSA) is 3.24 Å². The van der Waals surface area contributed by atoms with E-state index in [1.807, 2.05) is 0 Å². The van der Waals surface area contributed by atoms with Gasteiger partial charge in [-0.1, -0.05) is 155 Å². The molecule has 1 heteroatoms. The van der Waals surface area contributed by atoms with E-state index in [1.165, 1.54) is 118 Å². The molecular formula is C60H57N. The van der Waals surface area contributed by atoms with Gasteiger partial charge in [-0.3, -0.25) is 0 Å². The summed E-state index contributed by atoms with van der Waals surface area (Å²) in [6.07, 6.45) is 9.48. The Balaban J connectivity index is 0.964. The highest BCUT2D eigenvalue weighted by Gasteiger charge is 2.61. The highest BCUT2D eigenvalue weighted by atomic mass is 15.1. The standard InChI is InChI=1S/C60H57N/c1-58(2)31-32-59(3,4)57-54(58)19-12-20-56(57)61(48-28-23-43(24-29-48)50-16-9-8-15-49(50)42-13-6-5-7-14-42)47-26-21-41(22-27-47)44-25-30-52-51-17-10-11-18-53(51)60(55(52)38-44)45-34-39-33-40(36-45)37-46(60)35-39/h5-30,38-40,45-46H,31-37H2,1-4H3. The minimum atomic E-state index is 0.0457. The van der Waals surface area contributed by atoms with Gasteiger partial charge >= 0.3 is 0 Å². The lowest BCUT2D eigenvalue weighted by Gasteiger charge is -2.61. The van der Waals surface area contributed by atoms with Crippen molar-refractivity contribution in [1.29, 1.82) is 0 Å². The average Bonchev–Trinajstić information content (AvgIpc) is 3.58. The van der Waals surface area contributed by atoms with Crippen LogP contribution < -0.4 is 4.90 Å². The molecule has 0 saturated heterocycles. The van der Waals surface area contributed by atoms with Gasteiger partial charge in [0.25, 0.3) is 0 Å². The molecule has 4 fully saturated rings. The summed E-state index contributed by atoms with van der Waals surface area (Å²) >= 11 is 0. The fourth-order valence-electron chi connectivity index (χ4n) is 13.8. The van der Waals surface area contributed by atoms with Crippen molar-refractivity contribution >= 4 is 17.1 Å². The molecule has 302 valence electrons. The fraction of sp³-hybridized carbons (Fsp3) is 0.300. The highest BCUT2D eigenvalue weighted by molar-refractivity contribution is 5.88. The first kappa shape index (κ1) is 37.1. The number of hydrogen-bond donors (Lipinski definition) is 0. The molecule has 0 atom stereocenters. The predicted molar refractivity (Wildman–Crippen MR) is 256 cm³/mol. The summed E-state index contributed by atoms with van der Waals surface area (Å²) in [5.41, 5.74) is 20.8. The Bertz CT molecular complexity index is 2780. The molecule has 0 N–H and O–H groups in total. The van der Waals surface area contributed by atoms with Crippen LogP contribution in [0.3, 0.4) is 0 Å². The Hall–Kier alpha value is -5.66. The number of benzene rings is 7. The molecule has 0 amide bonds. The molecule has 4 saturated carbocycles. The lowest BCUT2D eigenvalue weighted by molar-refractivity contribution is -0.0399. The van der Waals surface area contributed by atoms with E-state index in [0.717, 1.165) is 23.7 Å². The third-order valence-electron chi connectivity index (χ3n) is 16.5. The summed E-state index contributed by atoms with van der Waals surface area (Å²) in [6, 6.07) is 62.5. The summed E-state index contributed by atoms with van der Waals surface area (Å²) in [6.45, 7) is 9.78. The van der Waals surface area contributed by atoms with Crippen LogP contribution in [0.15, 0.2) is 164 Å². The molecule has 0 heterocycles. The molecule has 0 aliphatic heterocycles. The summed E-state index contributed by atoms with van der Waals surface area (Å²) in [5.74, 6) is 3.41. The quantitative estimate of drug-likeness (QED) is 0.162.